The quantitative estimate of drug-likeness (QED) is 0.341. The molecule has 0 bridgehead atoms. The fourth-order valence-corrected chi connectivity index (χ4v) is 2.34. The second-order valence-electron chi connectivity index (χ2n) is 5.69. The van der Waals surface area contributed by atoms with Crippen LogP contribution in [-0.4, -0.2) is 22.2 Å². The summed E-state index contributed by atoms with van der Waals surface area (Å²) in [6.07, 6.45) is 8.57. The lowest BCUT2D eigenvalue weighted by molar-refractivity contribution is -0.137. The van der Waals surface area contributed by atoms with Crippen molar-refractivity contribution in [1.82, 2.24) is 0 Å². The number of benzene rings is 1. The summed E-state index contributed by atoms with van der Waals surface area (Å²) in [6, 6.07) is 6.22. The fourth-order valence-electron chi connectivity index (χ4n) is 2.34. The highest BCUT2D eigenvalue weighted by Gasteiger charge is 2.05. The van der Waals surface area contributed by atoms with E-state index in [1.54, 1.807) is 12.1 Å². The lowest BCUT2D eigenvalue weighted by atomic mass is 10.1. The number of hydrogen-bond donors (Lipinski definition) is 2. The van der Waals surface area contributed by atoms with Crippen molar-refractivity contribution in [2.24, 2.45) is 0 Å². The summed E-state index contributed by atoms with van der Waals surface area (Å²) in [6.45, 7) is 0. The molecule has 0 atom stereocenters. The molecule has 23 heavy (non-hydrogen) atoms. The molecular formula is C18H26O5. The molecule has 0 aromatic heterocycles. The molecule has 5 nitrogen and oxygen atoms in total. The van der Waals surface area contributed by atoms with Crippen molar-refractivity contribution in [2.45, 2.75) is 64.2 Å². The van der Waals surface area contributed by atoms with Crippen LogP contribution in [0.15, 0.2) is 24.3 Å². The summed E-state index contributed by atoms with van der Waals surface area (Å²) in [4.78, 5) is 22.0. The van der Waals surface area contributed by atoms with Gasteiger partial charge in [-0.1, -0.05) is 44.6 Å². The van der Waals surface area contributed by atoms with Gasteiger partial charge in [-0.05, 0) is 25.0 Å². The molecule has 128 valence electrons. The van der Waals surface area contributed by atoms with E-state index in [1.165, 1.54) is 12.1 Å². The maximum absolute atomic E-state index is 11.6. The van der Waals surface area contributed by atoms with Crippen molar-refractivity contribution in [1.29, 1.82) is 0 Å². The van der Waals surface area contributed by atoms with Crippen LogP contribution in [0.5, 0.6) is 11.5 Å². The Kier molecular flexibility index (Phi) is 9.52. The molecule has 0 amide bonds. The number of carboxylic acid groups (broad SMARTS) is 1. The van der Waals surface area contributed by atoms with Gasteiger partial charge in [-0.25, -0.2) is 0 Å². The molecule has 5 heteroatoms. The standard InChI is InChI=1S/C18H26O5/c19-15-10-9-11-16(14-15)23-18(22)13-8-6-4-2-1-3-5-7-12-17(20)21/h9-11,14,19H,1-8,12-13H2,(H,20,21). The van der Waals surface area contributed by atoms with Crippen LogP contribution < -0.4 is 4.74 Å². The average molecular weight is 322 g/mol. The number of phenols is 1. The van der Waals surface area contributed by atoms with Crippen LogP contribution in [0.4, 0.5) is 0 Å². The number of ether oxygens (including phenoxy) is 1. The summed E-state index contributed by atoms with van der Waals surface area (Å²) in [5.41, 5.74) is 0. The molecule has 0 aliphatic carbocycles. The van der Waals surface area contributed by atoms with Crippen LogP contribution in [0.2, 0.25) is 0 Å². The summed E-state index contributed by atoms with van der Waals surface area (Å²) < 4.78 is 5.14. The molecule has 0 unspecified atom stereocenters. The summed E-state index contributed by atoms with van der Waals surface area (Å²) in [7, 11) is 0. The van der Waals surface area contributed by atoms with E-state index < -0.39 is 5.97 Å². The number of carbonyl (C=O) groups excluding carboxylic acids is 1. The highest BCUT2D eigenvalue weighted by molar-refractivity contribution is 5.72. The van der Waals surface area contributed by atoms with Gasteiger partial charge in [0, 0.05) is 18.9 Å². The molecule has 0 saturated carbocycles. The summed E-state index contributed by atoms with van der Waals surface area (Å²) in [5.74, 6) is -0.540. The Balaban J connectivity index is 1.94. The lowest BCUT2D eigenvalue weighted by Crippen LogP contribution is -2.07. The van der Waals surface area contributed by atoms with Crippen molar-refractivity contribution in [2.75, 3.05) is 0 Å². The van der Waals surface area contributed by atoms with E-state index in [9.17, 15) is 14.7 Å². The van der Waals surface area contributed by atoms with Gasteiger partial charge in [0.05, 0.1) is 0 Å². The van der Waals surface area contributed by atoms with Gasteiger partial charge in [0.2, 0.25) is 0 Å². The minimum absolute atomic E-state index is 0.0821. The second kappa shape index (κ2) is 11.5. The highest BCUT2D eigenvalue weighted by Crippen LogP contribution is 2.18. The Morgan fingerprint density at radius 1 is 0.870 bits per heavy atom. The van der Waals surface area contributed by atoms with Crippen molar-refractivity contribution in [3.63, 3.8) is 0 Å². The zero-order chi connectivity index (χ0) is 16.9. The Hall–Kier alpha value is -2.04. The number of esters is 1. The number of phenolic OH excluding ortho intramolecular Hbond substituents is 1. The molecule has 1 aromatic rings. The van der Waals surface area contributed by atoms with Gasteiger partial charge >= 0.3 is 11.9 Å². The molecule has 1 rings (SSSR count). The van der Waals surface area contributed by atoms with Crippen molar-refractivity contribution in [3.8, 4) is 11.5 Å². The number of unbranched alkanes of at least 4 members (excludes halogenated alkanes) is 7. The van der Waals surface area contributed by atoms with Crippen LogP contribution in [0.3, 0.4) is 0 Å². The monoisotopic (exact) mass is 322 g/mol. The Morgan fingerprint density at radius 3 is 2.00 bits per heavy atom. The van der Waals surface area contributed by atoms with E-state index in [0.717, 1.165) is 51.4 Å². The second-order valence-corrected chi connectivity index (χ2v) is 5.69. The molecule has 0 spiro atoms. The first-order chi connectivity index (χ1) is 11.1. The van der Waals surface area contributed by atoms with Gasteiger partial charge in [0.1, 0.15) is 11.5 Å². The molecule has 0 fully saturated rings. The highest BCUT2D eigenvalue weighted by atomic mass is 16.5. The number of aliphatic carboxylic acids is 1. The molecule has 0 aliphatic rings. The summed E-state index contributed by atoms with van der Waals surface area (Å²) >= 11 is 0. The molecule has 2 N–H and O–H groups in total. The van der Waals surface area contributed by atoms with Gasteiger partial charge in [0.25, 0.3) is 0 Å². The van der Waals surface area contributed by atoms with E-state index in [4.69, 9.17) is 9.84 Å². The minimum Gasteiger partial charge on any atom is -0.508 e. The van der Waals surface area contributed by atoms with Crippen LogP contribution in [0.25, 0.3) is 0 Å². The van der Waals surface area contributed by atoms with Gasteiger partial charge in [0.15, 0.2) is 0 Å². The number of aromatic hydroxyl groups is 1. The third-order valence-electron chi connectivity index (χ3n) is 3.57. The van der Waals surface area contributed by atoms with Gasteiger partial charge in [-0.3, -0.25) is 9.59 Å². The smallest absolute Gasteiger partial charge is 0.311 e. The van der Waals surface area contributed by atoms with Gasteiger partial charge in [-0.2, -0.15) is 0 Å². The van der Waals surface area contributed by atoms with Crippen molar-refractivity contribution in [3.05, 3.63) is 24.3 Å². The largest absolute Gasteiger partial charge is 0.508 e. The topological polar surface area (TPSA) is 83.8 Å². The van der Waals surface area contributed by atoms with Crippen molar-refractivity contribution >= 4 is 11.9 Å². The van der Waals surface area contributed by atoms with Crippen LogP contribution >= 0.6 is 0 Å². The number of carbonyl (C=O) groups is 2. The first-order valence-electron chi connectivity index (χ1n) is 8.29. The molecule has 0 heterocycles. The van der Waals surface area contributed by atoms with Crippen LogP contribution in [-0.2, 0) is 9.59 Å². The number of hydrogen-bond acceptors (Lipinski definition) is 4. The van der Waals surface area contributed by atoms with E-state index in [2.05, 4.69) is 0 Å². The van der Waals surface area contributed by atoms with Crippen LogP contribution in [0.1, 0.15) is 64.2 Å². The van der Waals surface area contributed by atoms with E-state index in [-0.39, 0.29) is 18.1 Å². The predicted octanol–water partition coefficient (Wildman–Crippen LogP) is 4.28. The van der Waals surface area contributed by atoms with Crippen LogP contribution in [0, 0.1) is 0 Å². The third-order valence-corrected chi connectivity index (χ3v) is 3.57. The minimum atomic E-state index is -0.720. The lowest BCUT2D eigenvalue weighted by Gasteiger charge is -2.05. The zero-order valence-electron chi connectivity index (χ0n) is 13.5. The molecule has 0 radical (unpaired) electrons. The Morgan fingerprint density at radius 2 is 1.43 bits per heavy atom. The third kappa shape index (κ3) is 10.3. The molecular weight excluding hydrogens is 296 g/mol. The molecule has 1 aromatic carbocycles. The van der Waals surface area contributed by atoms with E-state index in [0.29, 0.717) is 12.2 Å². The Bertz CT molecular complexity index is 484. The fraction of sp³-hybridized carbons (Fsp3) is 0.556. The SMILES string of the molecule is O=C(O)CCCCCCCCCCC(=O)Oc1cccc(O)c1. The molecule has 0 aliphatic heterocycles. The maximum Gasteiger partial charge on any atom is 0.311 e. The van der Waals surface area contributed by atoms with Gasteiger partial charge < -0.3 is 14.9 Å². The summed E-state index contributed by atoms with van der Waals surface area (Å²) in [5, 5.41) is 17.8. The van der Waals surface area contributed by atoms with E-state index >= 15 is 0 Å². The number of carboxylic acids is 1. The molecule has 0 saturated heterocycles. The zero-order valence-corrected chi connectivity index (χ0v) is 13.5. The van der Waals surface area contributed by atoms with Gasteiger partial charge in [-0.15, -0.1) is 0 Å². The first kappa shape index (κ1) is 19.0. The normalized spacial score (nSPS) is 10.4. The Labute approximate surface area is 137 Å². The predicted molar refractivity (Wildman–Crippen MR) is 87.5 cm³/mol. The maximum atomic E-state index is 11.6. The van der Waals surface area contributed by atoms with E-state index in [1.807, 2.05) is 0 Å². The number of rotatable bonds is 12. The first-order valence-corrected chi connectivity index (χ1v) is 8.29. The van der Waals surface area contributed by atoms with Crippen molar-refractivity contribution < 1.29 is 24.5 Å². The average Bonchev–Trinajstić information content (AvgIpc) is 2.49.